The lowest BCUT2D eigenvalue weighted by Gasteiger charge is -2.05. The summed E-state index contributed by atoms with van der Waals surface area (Å²) in [6.45, 7) is -0.363. The van der Waals surface area contributed by atoms with E-state index in [9.17, 15) is 23.2 Å². The Kier molecular flexibility index (Phi) is 7.37. The van der Waals surface area contributed by atoms with Crippen LogP contribution in [0.4, 0.5) is 8.78 Å². The average Bonchev–Trinajstić information content (AvgIpc) is 2.77. The molecule has 0 heterocycles. The van der Waals surface area contributed by atoms with E-state index in [0.29, 0.717) is 5.56 Å². The zero-order chi connectivity index (χ0) is 22.9. The van der Waals surface area contributed by atoms with Crippen molar-refractivity contribution in [3.63, 3.8) is 0 Å². The summed E-state index contributed by atoms with van der Waals surface area (Å²) in [6.07, 6.45) is 1.31. The van der Waals surface area contributed by atoms with E-state index in [1.54, 1.807) is 12.1 Å². The number of nitrogens with one attached hydrogen (secondary N) is 2. The van der Waals surface area contributed by atoms with Crippen LogP contribution in [0.15, 0.2) is 77.9 Å². The first-order valence-corrected chi connectivity index (χ1v) is 9.34. The van der Waals surface area contributed by atoms with Gasteiger partial charge in [-0.1, -0.05) is 24.3 Å². The number of esters is 1. The maximum Gasteiger partial charge on any atom is 0.343 e. The molecule has 0 aromatic heterocycles. The third-order valence-corrected chi connectivity index (χ3v) is 4.03. The van der Waals surface area contributed by atoms with Gasteiger partial charge in [0.1, 0.15) is 17.4 Å². The second-order valence-corrected chi connectivity index (χ2v) is 6.46. The van der Waals surface area contributed by atoms with Crippen molar-refractivity contribution in [3.8, 4) is 5.75 Å². The van der Waals surface area contributed by atoms with Crippen LogP contribution in [-0.4, -0.2) is 30.5 Å². The number of benzene rings is 3. The second-order valence-electron chi connectivity index (χ2n) is 6.46. The number of amides is 2. The summed E-state index contributed by atoms with van der Waals surface area (Å²) in [6, 6.07) is 16.5. The molecule has 162 valence electrons. The molecule has 2 N–H and O–H groups in total. The van der Waals surface area contributed by atoms with Gasteiger partial charge in [0, 0.05) is 5.56 Å². The lowest BCUT2D eigenvalue weighted by atomic mass is 10.2. The molecule has 0 radical (unpaired) electrons. The van der Waals surface area contributed by atoms with E-state index in [2.05, 4.69) is 15.8 Å². The van der Waals surface area contributed by atoms with Crippen LogP contribution in [-0.2, 0) is 4.79 Å². The molecule has 3 rings (SSSR count). The summed E-state index contributed by atoms with van der Waals surface area (Å²) in [7, 11) is 0. The van der Waals surface area contributed by atoms with Gasteiger partial charge in [0.25, 0.3) is 11.8 Å². The Morgan fingerprint density at radius 1 is 0.875 bits per heavy atom. The fraction of sp³-hybridized carbons (Fsp3) is 0.0435. The summed E-state index contributed by atoms with van der Waals surface area (Å²) in [5.74, 6) is -2.83. The number of hydrogen-bond donors (Lipinski definition) is 2. The Labute approximate surface area is 181 Å². The van der Waals surface area contributed by atoms with Crippen LogP contribution in [0.5, 0.6) is 5.75 Å². The van der Waals surface area contributed by atoms with E-state index in [0.717, 1.165) is 12.1 Å². The molecular weight excluding hydrogens is 420 g/mol. The van der Waals surface area contributed by atoms with Crippen LogP contribution in [0.2, 0.25) is 0 Å². The largest absolute Gasteiger partial charge is 0.423 e. The summed E-state index contributed by atoms with van der Waals surface area (Å²) >= 11 is 0. The van der Waals surface area contributed by atoms with Gasteiger partial charge in [-0.25, -0.2) is 19.0 Å². The van der Waals surface area contributed by atoms with E-state index in [4.69, 9.17) is 4.74 Å². The number of ether oxygens (including phenoxy) is 1. The van der Waals surface area contributed by atoms with E-state index in [1.165, 1.54) is 54.7 Å². The first kappa shape index (κ1) is 22.3. The van der Waals surface area contributed by atoms with Crippen LogP contribution < -0.4 is 15.5 Å². The van der Waals surface area contributed by atoms with Crippen molar-refractivity contribution in [2.24, 2.45) is 5.10 Å². The molecule has 0 spiro atoms. The number of halogens is 2. The van der Waals surface area contributed by atoms with Crippen molar-refractivity contribution in [2.45, 2.75) is 0 Å². The molecule has 0 aliphatic heterocycles. The van der Waals surface area contributed by atoms with Gasteiger partial charge < -0.3 is 10.1 Å². The third kappa shape index (κ3) is 6.56. The number of carbonyl (C=O) groups is 3. The van der Waals surface area contributed by atoms with Gasteiger partial charge in [-0.3, -0.25) is 9.59 Å². The molecule has 0 bridgehead atoms. The maximum atomic E-state index is 13.2. The summed E-state index contributed by atoms with van der Waals surface area (Å²) in [5, 5.41) is 6.12. The van der Waals surface area contributed by atoms with Crippen LogP contribution in [0.1, 0.15) is 26.3 Å². The van der Waals surface area contributed by atoms with Gasteiger partial charge in [-0.05, 0) is 54.1 Å². The molecule has 7 nitrogen and oxygen atoms in total. The van der Waals surface area contributed by atoms with Gasteiger partial charge in [-0.15, -0.1) is 0 Å². The van der Waals surface area contributed by atoms with E-state index in [1.807, 2.05) is 0 Å². The van der Waals surface area contributed by atoms with Crippen LogP contribution in [0, 0.1) is 11.6 Å². The van der Waals surface area contributed by atoms with Crippen LogP contribution in [0.25, 0.3) is 0 Å². The molecule has 32 heavy (non-hydrogen) atoms. The standard InChI is InChI=1S/C23H17F2N3O4/c24-18-7-2-5-16(11-18)22(30)26-14-21(29)28-27-13-15-4-1-9-20(10-15)32-23(31)17-6-3-8-19(25)12-17/h1-13H,14H2,(H,26,30)(H,28,29)/b27-13-. The highest BCUT2D eigenvalue weighted by Crippen LogP contribution is 2.15. The van der Waals surface area contributed by atoms with Crippen molar-refractivity contribution in [1.29, 1.82) is 0 Å². The number of hydrazone groups is 1. The normalized spacial score (nSPS) is 10.6. The fourth-order valence-electron chi connectivity index (χ4n) is 2.55. The van der Waals surface area contributed by atoms with Crippen molar-refractivity contribution in [1.82, 2.24) is 10.7 Å². The average molecular weight is 437 g/mol. The van der Waals surface area contributed by atoms with Crippen LogP contribution >= 0.6 is 0 Å². The molecule has 0 unspecified atom stereocenters. The number of nitrogens with zero attached hydrogens (tertiary/aromatic N) is 1. The molecule has 0 saturated heterocycles. The minimum absolute atomic E-state index is 0.0663. The number of rotatable bonds is 7. The van der Waals surface area contributed by atoms with Crippen LogP contribution in [0.3, 0.4) is 0 Å². The van der Waals surface area contributed by atoms with Crippen molar-refractivity contribution in [3.05, 3.63) is 101 Å². The molecule has 0 fully saturated rings. The zero-order valence-electron chi connectivity index (χ0n) is 16.5. The maximum absolute atomic E-state index is 13.2. The van der Waals surface area contributed by atoms with Gasteiger partial charge in [0.05, 0.1) is 18.3 Å². The van der Waals surface area contributed by atoms with E-state index in [-0.39, 0.29) is 23.4 Å². The van der Waals surface area contributed by atoms with E-state index >= 15 is 0 Å². The molecule has 0 aliphatic rings. The van der Waals surface area contributed by atoms with Gasteiger partial charge >= 0.3 is 5.97 Å². The molecule has 3 aromatic rings. The molecule has 9 heteroatoms. The molecule has 2 amide bonds. The zero-order valence-corrected chi connectivity index (χ0v) is 16.5. The summed E-state index contributed by atoms with van der Waals surface area (Å²) < 4.78 is 31.6. The van der Waals surface area contributed by atoms with Crippen molar-refractivity contribution in [2.75, 3.05) is 6.54 Å². The van der Waals surface area contributed by atoms with Crippen molar-refractivity contribution >= 4 is 24.0 Å². The minimum Gasteiger partial charge on any atom is -0.423 e. The highest BCUT2D eigenvalue weighted by molar-refractivity contribution is 5.96. The molecule has 3 aromatic carbocycles. The first-order valence-electron chi connectivity index (χ1n) is 9.34. The third-order valence-electron chi connectivity index (χ3n) is 4.03. The predicted molar refractivity (Wildman–Crippen MR) is 112 cm³/mol. The van der Waals surface area contributed by atoms with Crippen molar-refractivity contribution < 1.29 is 27.9 Å². The molecule has 0 atom stereocenters. The topological polar surface area (TPSA) is 96.9 Å². The van der Waals surface area contributed by atoms with Gasteiger partial charge in [0.2, 0.25) is 0 Å². The lowest BCUT2D eigenvalue weighted by Crippen LogP contribution is -2.34. The molecule has 0 aliphatic carbocycles. The highest BCUT2D eigenvalue weighted by Gasteiger charge is 2.10. The Morgan fingerprint density at radius 2 is 1.53 bits per heavy atom. The molecular formula is C23H17F2N3O4. The predicted octanol–water partition coefficient (Wildman–Crippen LogP) is 3.06. The fourth-order valence-corrected chi connectivity index (χ4v) is 2.55. The smallest absolute Gasteiger partial charge is 0.343 e. The Morgan fingerprint density at radius 3 is 2.25 bits per heavy atom. The SMILES string of the molecule is O=C(CNC(=O)c1cccc(F)c1)N/N=C\c1cccc(OC(=O)c2cccc(F)c2)c1. The van der Waals surface area contributed by atoms with Gasteiger partial charge in [0.15, 0.2) is 0 Å². The lowest BCUT2D eigenvalue weighted by molar-refractivity contribution is -0.120. The van der Waals surface area contributed by atoms with E-state index < -0.39 is 29.4 Å². The molecule has 0 saturated carbocycles. The summed E-state index contributed by atoms with van der Waals surface area (Å²) in [4.78, 5) is 35.8. The quantitative estimate of drug-likeness (QED) is 0.257. The Balaban J connectivity index is 1.50. The second kappa shape index (κ2) is 10.6. The highest BCUT2D eigenvalue weighted by atomic mass is 19.1. The summed E-state index contributed by atoms with van der Waals surface area (Å²) in [5.41, 5.74) is 2.90. The number of carbonyl (C=O) groups excluding carboxylic acids is 3. The minimum atomic E-state index is -0.721. The number of hydrogen-bond acceptors (Lipinski definition) is 5. The monoisotopic (exact) mass is 437 g/mol. The Hall–Kier alpha value is -4.40. The Bertz CT molecular complexity index is 1180. The van der Waals surface area contributed by atoms with Gasteiger partial charge in [-0.2, -0.15) is 5.10 Å². The first-order chi connectivity index (χ1) is 15.4.